The number of rotatable bonds is 2. The molecule has 0 fully saturated rings. The Morgan fingerprint density at radius 3 is 1.75 bits per heavy atom. The van der Waals surface area contributed by atoms with Crippen LogP contribution in [0.5, 0.6) is 0 Å². The quantitative estimate of drug-likeness (QED) is 0.417. The first-order valence-corrected chi connectivity index (χ1v) is 4.20. The standard InChI is InChI=1S/C4H12N.C3H7NO2S/c1-5(2,3)4;4-2(1-7)3(5)6/h1-4H3;2,7H,1,4H2,(H,5,6)/q+1;/t;2-/m.0/s1. The number of carboxylic acid groups (broad SMARTS) is 1. The number of quaternary nitrogens is 1. The molecule has 74 valence electrons. The van der Waals surface area contributed by atoms with Gasteiger partial charge in [0.2, 0.25) is 0 Å². The van der Waals surface area contributed by atoms with E-state index in [0.29, 0.717) is 0 Å². The molecule has 0 aliphatic heterocycles. The summed E-state index contributed by atoms with van der Waals surface area (Å²) in [5.41, 5.74) is 4.94. The number of nitrogens with zero attached hydrogens (tertiary/aromatic N) is 1. The van der Waals surface area contributed by atoms with Crippen LogP contribution in [0, 0.1) is 0 Å². The molecule has 0 rings (SSSR count). The van der Waals surface area contributed by atoms with Gasteiger partial charge in [0.25, 0.3) is 0 Å². The predicted molar refractivity (Wildman–Crippen MR) is 53.4 cm³/mol. The van der Waals surface area contributed by atoms with Crippen LogP contribution in [0.25, 0.3) is 0 Å². The van der Waals surface area contributed by atoms with Crippen molar-refractivity contribution in [3.8, 4) is 0 Å². The third-order valence-corrected chi connectivity index (χ3v) is 0.907. The number of hydrogen-bond acceptors (Lipinski definition) is 3. The summed E-state index contributed by atoms with van der Waals surface area (Å²) in [5, 5.41) is 8.01. The summed E-state index contributed by atoms with van der Waals surface area (Å²) in [6.07, 6.45) is 0. The fourth-order valence-corrected chi connectivity index (χ4v) is 0.234. The molecule has 0 bridgehead atoms. The number of nitrogens with two attached hydrogens (primary N) is 1. The molecule has 3 N–H and O–H groups in total. The van der Waals surface area contributed by atoms with E-state index in [1.165, 1.54) is 0 Å². The fraction of sp³-hybridized carbons (Fsp3) is 0.857. The second-order valence-corrected chi connectivity index (χ2v) is 4.18. The monoisotopic (exact) mass is 195 g/mol. The molecule has 0 aromatic rings. The van der Waals surface area contributed by atoms with E-state index < -0.39 is 12.0 Å². The van der Waals surface area contributed by atoms with Gasteiger partial charge in [-0.3, -0.25) is 4.79 Å². The van der Waals surface area contributed by atoms with Gasteiger partial charge in [-0.05, 0) is 0 Å². The van der Waals surface area contributed by atoms with Crippen LogP contribution in [0.15, 0.2) is 0 Å². The molecule has 5 heteroatoms. The first kappa shape index (κ1) is 14.3. The zero-order valence-corrected chi connectivity index (χ0v) is 9.01. The van der Waals surface area contributed by atoms with Crippen LogP contribution in [0.4, 0.5) is 0 Å². The van der Waals surface area contributed by atoms with Crippen molar-refractivity contribution in [2.75, 3.05) is 33.9 Å². The first-order chi connectivity index (χ1) is 5.18. The second-order valence-electron chi connectivity index (χ2n) is 3.81. The summed E-state index contributed by atoms with van der Waals surface area (Å²) < 4.78 is 1.00. The maximum absolute atomic E-state index is 9.76. The lowest BCUT2D eigenvalue weighted by Crippen LogP contribution is -2.31. The van der Waals surface area contributed by atoms with Gasteiger partial charge in [0, 0.05) is 5.75 Å². The summed E-state index contributed by atoms with van der Waals surface area (Å²) in [5.74, 6) is -0.815. The molecular weight excluding hydrogens is 176 g/mol. The van der Waals surface area contributed by atoms with Crippen LogP contribution in [0.3, 0.4) is 0 Å². The van der Waals surface area contributed by atoms with Crippen LogP contribution in [0.1, 0.15) is 0 Å². The largest absolute Gasteiger partial charge is 0.480 e. The minimum Gasteiger partial charge on any atom is -0.480 e. The van der Waals surface area contributed by atoms with Crippen LogP contribution >= 0.6 is 12.6 Å². The molecule has 0 spiro atoms. The van der Waals surface area contributed by atoms with Gasteiger partial charge < -0.3 is 15.3 Å². The Morgan fingerprint density at radius 1 is 1.50 bits per heavy atom. The topological polar surface area (TPSA) is 63.3 Å². The van der Waals surface area contributed by atoms with E-state index in [-0.39, 0.29) is 5.75 Å². The number of hydrogen-bond donors (Lipinski definition) is 3. The summed E-state index contributed by atoms with van der Waals surface area (Å²) in [6, 6.07) is -0.816. The molecule has 0 radical (unpaired) electrons. The third-order valence-electron chi connectivity index (χ3n) is 0.514. The third kappa shape index (κ3) is 22.6. The molecule has 0 aliphatic rings. The first-order valence-electron chi connectivity index (χ1n) is 3.56. The van der Waals surface area contributed by atoms with Gasteiger partial charge in [-0.1, -0.05) is 0 Å². The summed E-state index contributed by atoms with van der Waals surface area (Å²) in [4.78, 5) is 9.76. The summed E-state index contributed by atoms with van der Waals surface area (Å²) in [6.45, 7) is 0. The van der Waals surface area contributed by atoms with Crippen molar-refractivity contribution in [3.63, 3.8) is 0 Å². The van der Waals surface area contributed by atoms with Gasteiger partial charge >= 0.3 is 5.97 Å². The molecule has 1 atom stereocenters. The van der Waals surface area contributed by atoms with E-state index in [1.807, 2.05) is 0 Å². The SMILES string of the molecule is C[N+](C)(C)C.N[C@@H](CS)C(=O)O. The number of carboxylic acids is 1. The van der Waals surface area contributed by atoms with Gasteiger partial charge in [-0.2, -0.15) is 12.6 Å². The lowest BCUT2D eigenvalue weighted by molar-refractivity contribution is -0.849. The van der Waals surface area contributed by atoms with Crippen molar-refractivity contribution in [1.29, 1.82) is 0 Å². The van der Waals surface area contributed by atoms with E-state index in [0.717, 1.165) is 4.48 Å². The van der Waals surface area contributed by atoms with Gasteiger partial charge in [0.05, 0.1) is 28.2 Å². The maximum Gasteiger partial charge on any atom is 0.321 e. The van der Waals surface area contributed by atoms with Crippen molar-refractivity contribution in [2.45, 2.75) is 6.04 Å². The molecule has 4 nitrogen and oxygen atoms in total. The summed E-state index contributed by atoms with van der Waals surface area (Å²) in [7, 11) is 8.50. The fourth-order valence-electron chi connectivity index (χ4n) is 0.0781. The van der Waals surface area contributed by atoms with Crippen LogP contribution < -0.4 is 5.73 Å². The Labute approximate surface area is 79.4 Å². The van der Waals surface area contributed by atoms with E-state index in [1.54, 1.807) is 0 Å². The van der Waals surface area contributed by atoms with Crippen molar-refractivity contribution < 1.29 is 14.4 Å². The molecule has 0 saturated heterocycles. The highest BCUT2D eigenvalue weighted by Gasteiger charge is 2.06. The zero-order chi connectivity index (χ0) is 10.4. The normalized spacial score (nSPS) is 12.8. The Balaban J connectivity index is 0. The Morgan fingerprint density at radius 2 is 1.75 bits per heavy atom. The highest BCUT2D eigenvalue weighted by molar-refractivity contribution is 7.80. The lowest BCUT2D eigenvalue weighted by atomic mass is 10.4. The van der Waals surface area contributed by atoms with Gasteiger partial charge in [0.15, 0.2) is 0 Å². The van der Waals surface area contributed by atoms with Crippen molar-refractivity contribution >= 4 is 18.6 Å². The van der Waals surface area contributed by atoms with E-state index in [4.69, 9.17) is 10.8 Å². The van der Waals surface area contributed by atoms with E-state index >= 15 is 0 Å². The molecule has 0 amide bonds. The highest BCUT2D eigenvalue weighted by Crippen LogP contribution is 1.80. The smallest absolute Gasteiger partial charge is 0.321 e. The van der Waals surface area contributed by atoms with Crippen LogP contribution in [0.2, 0.25) is 0 Å². The molecule has 0 aliphatic carbocycles. The number of aliphatic carboxylic acids is 1. The molecule has 0 unspecified atom stereocenters. The molecule has 0 aromatic carbocycles. The second kappa shape index (κ2) is 6.28. The van der Waals surface area contributed by atoms with E-state index in [9.17, 15) is 4.79 Å². The number of thiol groups is 1. The Bertz CT molecular complexity index is 128. The maximum atomic E-state index is 9.76. The van der Waals surface area contributed by atoms with Gasteiger partial charge in [-0.15, -0.1) is 0 Å². The van der Waals surface area contributed by atoms with Gasteiger partial charge in [-0.25, -0.2) is 0 Å². The molecule has 0 heterocycles. The lowest BCUT2D eigenvalue weighted by Gasteiger charge is -2.14. The van der Waals surface area contributed by atoms with Crippen LogP contribution in [-0.2, 0) is 4.79 Å². The van der Waals surface area contributed by atoms with Crippen molar-refractivity contribution in [1.82, 2.24) is 0 Å². The minimum absolute atomic E-state index is 0.190. The van der Waals surface area contributed by atoms with E-state index in [2.05, 4.69) is 40.8 Å². The van der Waals surface area contributed by atoms with Crippen molar-refractivity contribution in [3.05, 3.63) is 0 Å². The Kier molecular flexibility index (Phi) is 7.47. The zero-order valence-electron chi connectivity index (χ0n) is 8.11. The molecule has 0 saturated carbocycles. The molecule has 0 aromatic heterocycles. The summed E-state index contributed by atoms with van der Waals surface area (Å²) >= 11 is 3.65. The average Bonchev–Trinajstić information content (AvgIpc) is 1.82. The highest BCUT2D eigenvalue weighted by atomic mass is 32.1. The molecule has 12 heavy (non-hydrogen) atoms. The predicted octanol–water partition coefficient (Wildman–Crippen LogP) is -0.349. The van der Waals surface area contributed by atoms with Gasteiger partial charge in [0.1, 0.15) is 6.04 Å². The minimum atomic E-state index is -1.00. The Hall–Kier alpha value is -0.260. The average molecular weight is 195 g/mol. The number of carbonyl (C=O) groups is 1. The van der Waals surface area contributed by atoms with Crippen LogP contribution in [-0.4, -0.2) is 55.5 Å². The molecular formula is C7H19N2O2S+. The van der Waals surface area contributed by atoms with Crippen molar-refractivity contribution in [2.24, 2.45) is 5.73 Å².